The molecule has 69 heavy (non-hydrogen) atoms. The first kappa shape index (κ1) is 61.4. The number of benzene rings is 3. The number of aromatic nitrogens is 3. The number of pyridine rings is 3. The first-order valence-corrected chi connectivity index (χ1v) is 20.6. The van der Waals surface area contributed by atoms with Crippen LogP contribution in [-0.4, -0.2) is 36.3 Å². The summed E-state index contributed by atoms with van der Waals surface area (Å²) in [6, 6.07) is 26.4. The zero-order valence-electron chi connectivity index (χ0n) is 36.1. The van der Waals surface area contributed by atoms with Crippen molar-refractivity contribution in [3.05, 3.63) is 162 Å². The number of nitrogen functional groups attached to an aromatic ring is 1. The van der Waals surface area contributed by atoms with Crippen LogP contribution in [0.5, 0.6) is 17.2 Å². The number of rotatable bonds is 11. The summed E-state index contributed by atoms with van der Waals surface area (Å²) in [6.07, 6.45) is -12.4. The Labute approximate surface area is 412 Å². The number of alkyl halides is 9. The number of methoxy groups -OCH3 is 3. The maximum Gasteiger partial charge on any atom is 0.419 e. The number of aryl methyl sites for hydroxylation is 5. The minimum atomic E-state index is -4.57. The standard InChI is InChI=1S/C23H22ClF3N2O2.C16H15ClF3NO.C7H6ClF3N2.3CH4/c1-15-12-20(28-22(24)21(15)23(25,26)27)29(13-16-4-8-18(30-2)9-5-16)14-17-6-10-19(31-3)11-7-17;1-10-9-12(21-15(17)14(10)16(18,19)20)6-3-11-4-7-13(22-2)8-5-11;1-3-2-4(12)13-6(8)5(3)7(9,10)11;;;/h4-12H,13-14H2,1-3H3;4-5,7-9H,3,6H2,1-2H3;2H,1H3,(H2,12,13);3*1H4. The maximum atomic E-state index is 13.3. The van der Waals surface area contributed by atoms with E-state index >= 15 is 0 Å². The number of hydrogen-bond donors (Lipinski definition) is 1. The van der Waals surface area contributed by atoms with E-state index in [0.717, 1.165) is 40.0 Å². The van der Waals surface area contributed by atoms with E-state index in [2.05, 4.69) is 15.0 Å². The molecule has 0 radical (unpaired) electrons. The van der Waals surface area contributed by atoms with Gasteiger partial charge in [-0.3, -0.25) is 0 Å². The number of halogens is 12. The van der Waals surface area contributed by atoms with E-state index in [4.69, 9.17) is 54.7 Å². The summed E-state index contributed by atoms with van der Waals surface area (Å²) in [7, 11) is 4.76. The molecular weight excluding hydrogens is 984 g/mol. The van der Waals surface area contributed by atoms with Crippen LogP contribution >= 0.6 is 34.8 Å². The highest BCUT2D eigenvalue weighted by atomic mass is 35.5. The molecule has 3 heterocycles. The number of ether oxygens (including phenoxy) is 3. The Bertz CT molecular complexity index is 2420. The van der Waals surface area contributed by atoms with Gasteiger partial charge in [-0.15, -0.1) is 0 Å². The Balaban J connectivity index is 0.000000549. The van der Waals surface area contributed by atoms with Crippen LogP contribution in [0.1, 0.15) is 78.0 Å². The van der Waals surface area contributed by atoms with E-state index in [1.165, 1.54) is 32.9 Å². The minimum Gasteiger partial charge on any atom is -0.497 e. The van der Waals surface area contributed by atoms with Gasteiger partial charge in [0, 0.05) is 18.8 Å². The largest absolute Gasteiger partial charge is 0.497 e. The molecule has 0 atom stereocenters. The molecule has 0 amide bonds. The topological polar surface area (TPSA) is 95.6 Å². The van der Waals surface area contributed by atoms with Crippen molar-refractivity contribution in [2.45, 2.75) is 87.5 Å². The van der Waals surface area contributed by atoms with Crippen molar-refractivity contribution in [3.63, 3.8) is 0 Å². The van der Waals surface area contributed by atoms with Gasteiger partial charge in [0.1, 0.15) is 44.3 Å². The molecule has 378 valence electrons. The normalized spacial score (nSPS) is 11.0. The highest BCUT2D eigenvalue weighted by Gasteiger charge is 2.38. The Morgan fingerprint density at radius 3 is 1.14 bits per heavy atom. The molecule has 0 unspecified atom stereocenters. The fourth-order valence-electron chi connectivity index (χ4n) is 6.47. The van der Waals surface area contributed by atoms with Crippen molar-refractivity contribution in [3.8, 4) is 17.2 Å². The first-order chi connectivity index (χ1) is 30.8. The van der Waals surface area contributed by atoms with E-state index in [-0.39, 0.29) is 44.8 Å². The lowest BCUT2D eigenvalue weighted by atomic mass is 10.0. The molecule has 0 fully saturated rings. The van der Waals surface area contributed by atoms with Crippen LogP contribution < -0.4 is 24.8 Å². The summed E-state index contributed by atoms with van der Waals surface area (Å²) in [5, 5.41) is -1.65. The van der Waals surface area contributed by atoms with E-state index in [0.29, 0.717) is 37.4 Å². The number of hydrogen-bond acceptors (Lipinski definition) is 8. The SMILES string of the molecule is C.C.C.COc1ccc(CCc2cc(C)c(C(F)(F)F)c(Cl)n2)cc1.COc1ccc(CN(Cc2ccc(OC)cc2)c2cc(C)c(C(F)(F)F)c(Cl)n2)cc1.Cc1cc(N)nc(Cl)c1C(F)(F)F. The fourth-order valence-corrected chi connectivity index (χ4v) is 7.53. The van der Waals surface area contributed by atoms with Gasteiger partial charge in [-0.1, -0.05) is 93.5 Å². The summed E-state index contributed by atoms with van der Waals surface area (Å²) in [6.45, 7) is 4.91. The van der Waals surface area contributed by atoms with Gasteiger partial charge >= 0.3 is 18.5 Å². The monoisotopic (exact) mass is 1040 g/mol. The summed E-state index contributed by atoms with van der Waals surface area (Å²) in [5.74, 6) is 2.54. The Kier molecular flexibility index (Phi) is 23.4. The van der Waals surface area contributed by atoms with E-state index < -0.39 is 50.7 Å². The van der Waals surface area contributed by atoms with Crippen LogP contribution in [0.25, 0.3) is 0 Å². The molecule has 3 aromatic carbocycles. The quantitative estimate of drug-likeness (QED) is 0.101. The first-order valence-electron chi connectivity index (χ1n) is 19.5. The molecule has 6 rings (SSSR count). The third-order valence-electron chi connectivity index (χ3n) is 9.65. The van der Waals surface area contributed by atoms with Crippen LogP contribution in [0.2, 0.25) is 15.5 Å². The van der Waals surface area contributed by atoms with Crippen LogP contribution in [0.3, 0.4) is 0 Å². The van der Waals surface area contributed by atoms with Gasteiger partial charge < -0.3 is 24.8 Å². The Hall–Kier alpha value is -5.65. The highest BCUT2D eigenvalue weighted by molar-refractivity contribution is 6.31. The van der Waals surface area contributed by atoms with Gasteiger partial charge in [-0.2, -0.15) is 39.5 Å². The number of anilines is 2. The van der Waals surface area contributed by atoms with Gasteiger partial charge in [0.2, 0.25) is 0 Å². The molecule has 6 aromatic rings. The lowest BCUT2D eigenvalue weighted by Gasteiger charge is -2.26. The van der Waals surface area contributed by atoms with Crippen molar-refractivity contribution in [1.29, 1.82) is 0 Å². The number of nitrogens with zero attached hydrogens (tertiary/aromatic N) is 4. The third-order valence-corrected chi connectivity index (χ3v) is 10.5. The lowest BCUT2D eigenvalue weighted by molar-refractivity contribution is -0.139. The lowest BCUT2D eigenvalue weighted by Crippen LogP contribution is -2.24. The van der Waals surface area contributed by atoms with E-state index in [1.54, 1.807) is 21.3 Å². The molecular formula is C49H55Cl3F9N5O3. The summed E-state index contributed by atoms with van der Waals surface area (Å²) in [5.41, 5.74) is 6.11. The molecule has 0 aliphatic heterocycles. The van der Waals surface area contributed by atoms with Crippen molar-refractivity contribution in [2.75, 3.05) is 32.0 Å². The fraction of sp³-hybridized carbons (Fsp3) is 0.327. The molecule has 0 saturated heterocycles. The van der Waals surface area contributed by atoms with Crippen molar-refractivity contribution in [2.24, 2.45) is 0 Å². The Morgan fingerprint density at radius 1 is 0.478 bits per heavy atom. The second kappa shape index (κ2) is 26.4. The molecule has 0 aliphatic rings. The summed E-state index contributed by atoms with van der Waals surface area (Å²) >= 11 is 17.0. The van der Waals surface area contributed by atoms with Gasteiger partial charge in [0.25, 0.3) is 0 Å². The summed E-state index contributed by atoms with van der Waals surface area (Å²) in [4.78, 5) is 13.2. The predicted octanol–water partition coefficient (Wildman–Crippen LogP) is 15.7. The van der Waals surface area contributed by atoms with Crippen molar-refractivity contribution in [1.82, 2.24) is 15.0 Å². The number of nitrogens with two attached hydrogens (primary N) is 1. The third kappa shape index (κ3) is 17.7. The smallest absolute Gasteiger partial charge is 0.419 e. The van der Waals surface area contributed by atoms with Gasteiger partial charge in [0.15, 0.2) is 0 Å². The van der Waals surface area contributed by atoms with E-state index in [9.17, 15) is 39.5 Å². The molecule has 20 heteroatoms. The van der Waals surface area contributed by atoms with Crippen LogP contribution in [0, 0.1) is 20.8 Å². The predicted molar refractivity (Wildman–Crippen MR) is 258 cm³/mol. The van der Waals surface area contributed by atoms with E-state index in [1.807, 2.05) is 77.7 Å². The molecule has 2 N–H and O–H groups in total. The summed E-state index contributed by atoms with van der Waals surface area (Å²) < 4.78 is 131. The van der Waals surface area contributed by atoms with Crippen LogP contribution in [-0.2, 0) is 44.5 Å². The highest BCUT2D eigenvalue weighted by Crippen LogP contribution is 2.39. The van der Waals surface area contributed by atoms with Crippen LogP contribution in [0.15, 0.2) is 91.0 Å². The Morgan fingerprint density at radius 2 is 0.812 bits per heavy atom. The molecule has 0 aliphatic carbocycles. The molecule has 3 aromatic heterocycles. The zero-order chi connectivity index (χ0) is 49.1. The van der Waals surface area contributed by atoms with Gasteiger partial charge in [-0.25, -0.2) is 15.0 Å². The molecule has 0 bridgehead atoms. The molecule has 8 nitrogen and oxygen atoms in total. The zero-order valence-corrected chi connectivity index (χ0v) is 38.4. The van der Waals surface area contributed by atoms with Crippen LogP contribution in [0.4, 0.5) is 51.1 Å². The van der Waals surface area contributed by atoms with Crippen molar-refractivity contribution >= 4 is 46.4 Å². The van der Waals surface area contributed by atoms with Gasteiger partial charge in [-0.05, 0) is 122 Å². The second-order valence-electron chi connectivity index (χ2n) is 14.5. The second-order valence-corrected chi connectivity index (χ2v) is 15.6. The molecule has 0 saturated carbocycles. The molecule has 0 spiro atoms. The minimum absolute atomic E-state index is 0. The average molecular weight is 1040 g/mol. The van der Waals surface area contributed by atoms with Crippen molar-refractivity contribution < 1.29 is 53.7 Å². The average Bonchev–Trinajstić information content (AvgIpc) is 3.21. The van der Waals surface area contributed by atoms with Gasteiger partial charge in [0.05, 0.1) is 38.0 Å². The maximum absolute atomic E-state index is 13.3.